The number of nitriles is 1. The topological polar surface area (TPSA) is 81.0 Å². The van der Waals surface area contributed by atoms with Crippen LogP contribution in [0.25, 0.3) is 10.9 Å². The molecule has 29 heavy (non-hydrogen) atoms. The normalized spacial score (nSPS) is 26.8. The van der Waals surface area contributed by atoms with Crippen LogP contribution in [-0.2, 0) is 4.79 Å². The number of carbonyl (C=O) groups excluding carboxylic acids is 1. The van der Waals surface area contributed by atoms with E-state index in [1.807, 2.05) is 18.2 Å². The lowest BCUT2D eigenvalue weighted by atomic mass is 9.85. The zero-order valence-electron chi connectivity index (χ0n) is 16.7. The third kappa shape index (κ3) is 3.65. The van der Waals surface area contributed by atoms with E-state index in [2.05, 4.69) is 40.4 Å². The van der Waals surface area contributed by atoms with Crippen LogP contribution in [0.15, 0.2) is 30.5 Å². The van der Waals surface area contributed by atoms with Gasteiger partial charge >= 0.3 is 0 Å². The van der Waals surface area contributed by atoms with Crippen molar-refractivity contribution in [2.24, 2.45) is 17.8 Å². The molecule has 1 aromatic heterocycles. The fourth-order valence-electron chi connectivity index (χ4n) is 4.58. The summed E-state index contributed by atoms with van der Waals surface area (Å²) in [5.41, 5.74) is 2.21. The Hall–Kier alpha value is -2.72. The van der Waals surface area contributed by atoms with Gasteiger partial charge < -0.3 is 15.5 Å². The molecule has 3 heterocycles. The molecule has 2 fully saturated rings. The van der Waals surface area contributed by atoms with Crippen molar-refractivity contribution in [3.05, 3.63) is 36.0 Å². The van der Waals surface area contributed by atoms with Gasteiger partial charge in [-0.25, -0.2) is 4.39 Å². The Morgan fingerprint density at radius 1 is 1.34 bits per heavy atom. The van der Waals surface area contributed by atoms with E-state index in [9.17, 15) is 14.4 Å². The third-order valence-corrected chi connectivity index (χ3v) is 6.23. The first-order valence-corrected chi connectivity index (χ1v) is 10.2. The average Bonchev–Trinajstić information content (AvgIpc) is 3.34. The SMILES string of the molecule is CC(C)[C@H]1CN(c2ccc(C#N)c3ncccc23)C[C@@H]1C(=O)N[C@H]1CNC[C@H]1F. The smallest absolute Gasteiger partial charge is 0.225 e. The number of pyridine rings is 1. The summed E-state index contributed by atoms with van der Waals surface area (Å²) in [6.07, 6.45) is 0.648. The number of anilines is 1. The van der Waals surface area contributed by atoms with E-state index < -0.39 is 12.2 Å². The summed E-state index contributed by atoms with van der Waals surface area (Å²) in [7, 11) is 0. The first-order chi connectivity index (χ1) is 14.0. The minimum atomic E-state index is -1.04. The van der Waals surface area contributed by atoms with Gasteiger partial charge in [0.2, 0.25) is 5.91 Å². The van der Waals surface area contributed by atoms with Gasteiger partial charge in [0.1, 0.15) is 12.2 Å². The lowest BCUT2D eigenvalue weighted by molar-refractivity contribution is -0.126. The monoisotopic (exact) mass is 395 g/mol. The second kappa shape index (κ2) is 7.96. The van der Waals surface area contributed by atoms with E-state index in [4.69, 9.17) is 0 Å². The van der Waals surface area contributed by atoms with Gasteiger partial charge in [0.25, 0.3) is 0 Å². The number of fused-ring (bicyclic) bond motifs is 1. The molecule has 2 saturated heterocycles. The van der Waals surface area contributed by atoms with Gasteiger partial charge in [-0.15, -0.1) is 0 Å². The fraction of sp³-hybridized carbons (Fsp3) is 0.500. The molecule has 1 aromatic carbocycles. The van der Waals surface area contributed by atoms with Gasteiger partial charge in [-0.05, 0) is 36.1 Å². The van der Waals surface area contributed by atoms with Crippen molar-refractivity contribution in [1.29, 1.82) is 5.26 Å². The van der Waals surface area contributed by atoms with Gasteiger partial charge in [-0.3, -0.25) is 9.78 Å². The first kappa shape index (κ1) is 19.6. The Morgan fingerprint density at radius 3 is 2.86 bits per heavy atom. The van der Waals surface area contributed by atoms with Crippen LogP contribution >= 0.6 is 0 Å². The number of nitrogens with zero attached hydrogens (tertiary/aromatic N) is 3. The largest absolute Gasteiger partial charge is 0.370 e. The molecule has 0 saturated carbocycles. The van der Waals surface area contributed by atoms with Crippen LogP contribution in [0.2, 0.25) is 0 Å². The van der Waals surface area contributed by atoms with E-state index in [1.54, 1.807) is 12.3 Å². The summed E-state index contributed by atoms with van der Waals surface area (Å²) in [6, 6.07) is 9.31. The summed E-state index contributed by atoms with van der Waals surface area (Å²) in [4.78, 5) is 19.6. The summed E-state index contributed by atoms with van der Waals surface area (Å²) < 4.78 is 14.0. The fourth-order valence-corrected chi connectivity index (χ4v) is 4.58. The first-order valence-electron chi connectivity index (χ1n) is 10.2. The molecular formula is C22H26FN5O. The van der Waals surface area contributed by atoms with Crippen molar-refractivity contribution in [3.63, 3.8) is 0 Å². The molecule has 0 aliphatic carbocycles. The minimum Gasteiger partial charge on any atom is -0.370 e. The maximum Gasteiger partial charge on any atom is 0.225 e. The van der Waals surface area contributed by atoms with Crippen molar-refractivity contribution >= 4 is 22.5 Å². The lowest BCUT2D eigenvalue weighted by Gasteiger charge is -2.23. The van der Waals surface area contributed by atoms with Crippen molar-refractivity contribution in [1.82, 2.24) is 15.6 Å². The van der Waals surface area contributed by atoms with Crippen molar-refractivity contribution in [2.45, 2.75) is 26.1 Å². The molecule has 1 amide bonds. The molecule has 2 N–H and O–H groups in total. The number of aromatic nitrogens is 1. The summed E-state index contributed by atoms with van der Waals surface area (Å²) in [6.45, 7) is 6.33. The number of halogens is 1. The van der Waals surface area contributed by atoms with Crippen LogP contribution in [-0.4, -0.2) is 49.3 Å². The molecule has 152 valence electrons. The number of nitrogens with one attached hydrogen (secondary N) is 2. The van der Waals surface area contributed by atoms with Gasteiger partial charge in [0, 0.05) is 43.4 Å². The maximum atomic E-state index is 14.0. The molecule has 2 aliphatic heterocycles. The highest BCUT2D eigenvalue weighted by atomic mass is 19.1. The zero-order valence-corrected chi connectivity index (χ0v) is 16.7. The van der Waals surface area contributed by atoms with Gasteiger partial charge in [-0.1, -0.05) is 13.8 Å². The second-order valence-corrected chi connectivity index (χ2v) is 8.35. The molecule has 2 aliphatic rings. The zero-order chi connectivity index (χ0) is 20.5. The molecule has 0 unspecified atom stereocenters. The highest BCUT2D eigenvalue weighted by Gasteiger charge is 2.41. The number of benzene rings is 1. The highest BCUT2D eigenvalue weighted by Crippen LogP contribution is 2.37. The van der Waals surface area contributed by atoms with Crippen LogP contribution in [0.1, 0.15) is 19.4 Å². The van der Waals surface area contributed by atoms with E-state index in [1.165, 1.54) is 0 Å². The highest BCUT2D eigenvalue weighted by molar-refractivity contribution is 5.95. The molecule has 2 aromatic rings. The third-order valence-electron chi connectivity index (χ3n) is 6.23. The number of alkyl halides is 1. The van der Waals surface area contributed by atoms with E-state index in [0.717, 1.165) is 17.6 Å². The van der Waals surface area contributed by atoms with Crippen LogP contribution in [0.5, 0.6) is 0 Å². The van der Waals surface area contributed by atoms with Gasteiger partial charge in [0.05, 0.1) is 23.0 Å². The Morgan fingerprint density at radius 2 is 2.17 bits per heavy atom. The number of hydrogen-bond acceptors (Lipinski definition) is 5. The Labute approximate surface area is 170 Å². The van der Waals surface area contributed by atoms with Crippen LogP contribution < -0.4 is 15.5 Å². The predicted molar refractivity (Wildman–Crippen MR) is 110 cm³/mol. The number of rotatable bonds is 4. The molecule has 4 atom stereocenters. The quantitative estimate of drug-likeness (QED) is 0.830. The Bertz CT molecular complexity index is 956. The van der Waals surface area contributed by atoms with E-state index in [0.29, 0.717) is 36.6 Å². The second-order valence-electron chi connectivity index (χ2n) is 8.35. The van der Waals surface area contributed by atoms with Crippen molar-refractivity contribution in [2.75, 3.05) is 31.1 Å². The molecular weight excluding hydrogens is 369 g/mol. The van der Waals surface area contributed by atoms with Gasteiger partial charge in [0.15, 0.2) is 0 Å². The molecule has 6 nitrogen and oxygen atoms in total. The molecule has 0 radical (unpaired) electrons. The number of amides is 1. The van der Waals surface area contributed by atoms with Crippen molar-refractivity contribution in [3.8, 4) is 6.07 Å². The van der Waals surface area contributed by atoms with Crippen LogP contribution in [0, 0.1) is 29.1 Å². The number of carbonyl (C=O) groups is 1. The van der Waals surface area contributed by atoms with E-state index in [-0.39, 0.29) is 17.7 Å². The van der Waals surface area contributed by atoms with Crippen LogP contribution in [0.3, 0.4) is 0 Å². The molecule has 0 spiro atoms. The van der Waals surface area contributed by atoms with E-state index >= 15 is 0 Å². The van der Waals surface area contributed by atoms with Crippen molar-refractivity contribution < 1.29 is 9.18 Å². The minimum absolute atomic E-state index is 0.0707. The summed E-state index contributed by atoms with van der Waals surface area (Å²) in [5.74, 6) is 0.218. The summed E-state index contributed by atoms with van der Waals surface area (Å²) >= 11 is 0. The Kier molecular flexibility index (Phi) is 5.37. The average molecular weight is 395 g/mol. The Balaban J connectivity index is 1.61. The maximum absolute atomic E-state index is 14.0. The standard InChI is InChI=1S/C22H26FN5O/c1-13(2)16-11-28(12-17(16)22(29)27-19-10-25-9-18(19)23)20-6-5-14(8-24)21-15(20)4-3-7-26-21/h3-7,13,16-19,25H,9-12H2,1-2H3,(H,27,29)/t16-,17+,18-,19+/m1/s1. The van der Waals surface area contributed by atoms with Gasteiger partial charge in [-0.2, -0.15) is 5.26 Å². The molecule has 0 bridgehead atoms. The molecule has 7 heteroatoms. The lowest BCUT2D eigenvalue weighted by Crippen LogP contribution is -2.46. The molecule has 4 rings (SSSR count). The predicted octanol–water partition coefficient (Wildman–Crippen LogP) is 2.24. The summed E-state index contributed by atoms with van der Waals surface area (Å²) in [5, 5.41) is 16.2. The van der Waals surface area contributed by atoms with Crippen LogP contribution in [0.4, 0.5) is 10.1 Å². The number of hydrogen-bond donors (Lipinski definition) is 2.